The van der Waals surface area contributed by atoms with E-state index in [1.165, 1.54) is 27.3 Å². The maximum Gasteiger partial charge on any atom is 0.169 e. The van der Waals surface area contributed by atoms with Gasteiger partial charge in [-0.25, -0.2) is 9.98 Å². The third-order valence-corrected chi connectivity index (χ3v) is 9.90. The van der Waals surface area contributed by atoms with Gasteiger partial charge >= 0.3 is 0 Å². The van der Waals surface area contributed by atoms with Crippen LogP contribution in [0.3, 0.4) is 0 Å². The van der Waals surface area contributed by atoms with Crippen molar-refractivity contribution in [3.63, 3.8) is 0 Å². The fourth-order valence-electron chi connectivity index (χ4n) is 7.36. The van der Waals surface area contributed by atoms with E-state index in [1.54, 1.807) is 0 Å². The average Bonchev–Trinajstić information content (AvgIpc) is 3.59. The zero-order valence-corrected chi connectivity index (χ0v) is 27.6. The minimum absolute atomic E-state index is 0.460. The molecule has 0 amide bonds. The molecule has 9 aromatic rings. The first-order chi connectivity index (χ1) is 25.2. The lowest BCUT2D eigenvalue weighted by Gasteiger charge is -2.24. The van der Waals surface area contributed by atoms with Crippen LogP contribution >= 0.6 is 0 Å². The highest BCUT2D eigenvalue weighted by Gasteiger charge is 2.26. The minimum atomic E-state index is -0.460. The van der Waals surface area contributed by atoms with Gasteiger partial charge in [0.1, 0.15) is 22.8 Å². The number of hydrogen-bond acceptors (Lipinski definition) is 4. The number of amidine groups is 2. The number of nitrogens with zero attached hydrogens (tertiary/aromatic N) is 2. The minimum Gasteiger partial charge on any atom is -0.456 e. The lowest BCUT2D eigenvalue weighted by atomic mass is 9.93. The second-order valence-corrected chi connectivity index (χ2v) is 13.0. The van der Waals surface area contributed by atoms with Gasteiger partial charge in [-0.3, -0.25) is 0 Å². The molecule has 10 rings (SSSR count). The first kappa shape index (κ1) is 29.2. The van der Waals surface area contributed by atoms with E-state index in [0.717, 1.165) is 66.8 Å². The van der Waals surface area contributed by atoms with Crippen molar-refractivity contribution in [2.24, 2.45) is 9.98 Å². The Labute approximate surface area is 295 Å². The molecule has 2 heterocycles. The van der Waals surface area contributed by atoms with E-state index in [4.69, 9.17) is 14.4 Å². The third-order valence-electron chi connectivity index (χ3n) is 9.90. The van der Waals surface area contributed by atoms with Gasteiger partial charge in [0.05, 0.1) is 0 Å². The maximum atomic E-state index is 6.40. The van der Waals surface area contributed by atoms with Gasteiger partial charge in [0.15, 0.2) is 6.17 Å². The number of para-hydroxylation sites is 1. The van der Waals surface area contributed by atoms with Crippen LogP contribution in [-0.4, -0.2) is 11.7 Å². The Kier molecular flexibility index (Phi) is 6.85. The molecule has 1 N–H and O–H groups in total. The van der Waals surface area contributed by atoms with Crippen LogP contribution in [0.4, 0.5) is 0 Å². The molecular weight excluding hydrogens is 623 g/mol. The molecule has 1 unspecified atom stereocenters. The molecule has 0 aliphatic carbocycles. The molecule has 0 fully saturated rings. The topological polar surface area (TPSA) is 49.9 Å². The Balaban J connectivity index is 1.13. The molecule has 51 heavy (non-hydrogen) atoms. The van der Waals surface area contributed by atoms with E-state index in [1.807, 2.05) is 36.4 Å². The van der Waals surface area contributed by atoms with E-state index in [0.29, 0.717) is 0 Å². The van der Waals surface area contributed by atoms with Crippen molar-refractivity contribution in [3.05, 3.63) is 193 Å². The van der Waals surface area contributed by atoms with Gasteiger partial charge in [-0.1, -0.05) is 140 Å². The summed E-state index contributed by atoms with van der Waals surface area (Å²) in [5.74, 6) is 1.54. The summed E-state index contributed by atoms with van der Waals surface area (Å²) in [5, 5.41) is 10.6. The summed E-state index contributed by atoms with van der Waals surface area (Å²) in [6, 6.07) is 61.7. The van der Waals surface area contributed by atoms with Crippen LogP contribution in [0.2, 0.25) is 0 Å². The molecule has 1 aromatic heterocycles. The number of nitrogens with one attached hydrogen (secondary N) is 1. The van der Waals surface area contributed by atoms with Crippen LogP contribution in [-0.2, 0) is 0 Å². The monoisotopic (exact) mass is 653 g/mol. The largest absolute Gasteiger partial charge is 0.456 e. The number of rotatable bonds is 5. The summed E-state index contributed by atoms with van der Waals surface area (Å²) in [7, 11) is 0. The van der Waals surface area contributed by atoms with Crippen molar-refractivity contribution in [2.75, 3.05) is 0 Å². The van der Waals surface area contributed by atoms with Gasteiger partial charge in [0.2, 0.25) is 0 Å². The highest BCUT2D eigenvalue weighted by molar-refractivity contribution is 6.26. The fourth-order valence-corrected chi connectivity index (χ4v) is 7.36. The molecule has 240 valence electrons. The van der Waals surface area contributed by atoms with E-state index < -0.39 is 6.17 Å². The Morgan fingerprint density at radius 1 is 0.431 bits per heavy atom. The third kappa shape index (κ3) is 5.17. The van der Waals surface area contributed by atoms with E-state index in [2.05, 4.69) is 145 Å². The van der Waals surface area contributed by atoms with Crippen LogP contribution in [0.15, 0.2) is 190 Å². The Bertz CT molecular complexity index is 2830. The van der Waals surface area contributed by atoms with Crippen molar-refractivity contribution in [1.29, 1.82) is 0 Å². The average molecular weight is 654 g/mol. The smallest absolute Gasteiger partial charge is 0.169 e. The highest BCUT2D eigenvalue weighted by atomic mass is 16.3. The molecule has 1 aliphatic rings. The number of furan rings is 1. The number of fused-ring (bicyclic) bond motifs is 5. The predicted octanol–water partition coefficient (Wildman–Crippen LogP) is 11.7. The molecular formula is C47H31N3O. The van der Waals surface area contributed by atoms with Gasteiger partial charge in [0, 0.05) is 21.9 Å². The molecule has 1 atom stereocenters. The second-order valence-electron chi connectivity index (χ2n) is 13.0. The van der Waals surface area contributed by atoms with Gasteiger partial charge < -0.3 is 9.73 Å². The Morgan fingerprint density at radius 3 is 1.84 bits per heavy atom. The molecule has 0 spiro atoms. The predicted molar refractivity (Wildman–Crippen MR) is 211 cm³/mol. The van der Waals surface area contributed by atoms with E-state index >= 15 is 0 Å². The Morgan fingerprint density at radius 2 is 1.04 bits per heavy atom. The first-order valence-corrected chi connectivity index (χ1v) is 17.3. The summed E-state index contributed by atoms with van der Waals surface area (Å²) in [5.41, 5.74) is 9.29. The van der Waals surface area contributed by atoms with Gasteiger partial charge in [-0.15, -0.1) is 0 Å². The number of hydrogen-bond donors (Lipinski definition) is 1. The number of aliphatic imine (C=N–C) groups is 2. The van der Waals surface area contributed by atoms with Gasteiger partial charge in [-0.2, -0.15) is 0 Å². The summed E-state index contributed by atoms with van der Waals surface area (Å²) in [6.45, 7) is 0. The summed E-state index contributed by atoms with van der Waals surface area (Å²) in [4.78, 5) is 10.6. The van der Waals surface area contributed by atoms with Crippen LogP contribution in [0.25, 0.3) is 65.7 Å². The van der Waals surface area contributed by atoms with Gasteiger partial charge in [-0.05, 0) is 85.8 Å². The van der Waals surface area contributed by atoms with E-state index in [-0.39, 0.29) is 0 Å². The zero-order chi connectivity index (χ0) is 33.7. The van der Waals surface area contributed by atoms with E-state index in [9.17, 15) is 0 Å². The molecule has 4 nitrogen and oxygen atoms in total. The highest BCUT2D eigenvalue weighted by Crippen LogP contribution is 2.39. The van der Waals surface area contributed by atoms with Crippen molar-refractivity contribution >= 4 is 55.2 Å². The molecule has 0 bridgehead atoms. The summed E-state index contributed by atoms with van der Waals surface area (Å²) >= 11 is 0. The summed E-state index contributed by atoms with van der Waals surface area (Å²) < 4.78 is 6.40. The van der Waals surface area contributed by atoms with Crippen molar-refractivity contribution in [2.45, 2.75) is 6.17 Å². The first-order valence-electron chi connectivity index (χ1n) is 17.3. The molecule has 0 saturated carbocycles. The molecule has 1 aliphatic heterocycles. The van der Waals surface area contributed by atoms with Crippen molar-refractivity contribution in [3.8, 4) is 22.3 Å². The fraction of sp³-hybridized carbons (Fsp3) is 0.0213. The SMILES string of the molecule is c1ccc(C2=NC(c3ccc4cc(-c5ccc6ccccc6c5)ccc4c3)N=C(c3c(-c4ccccc4)ccc4oc5ccccc5c34)N2)cc1. The molecule has 4 heteroatoms. The number of benzene rings is 8. The second kappa shape index (κ2) is 12.0. The van der Waals surface area contributed by atoms with Crippen molar-refractivity contribution in [1.82, 2.24) is 5.32 Å². The lowest BCUT2D eigenvalue weighted by molar-refractivity contribution is 0.669. The lowest BCUT2D eigenvalue weighted by Crippen LogP contribution is -2.36. The quantitative estimate of drug-likeness (QED) is 0.201. The zero-order valence-electron chi connectivity index (χ0n) is 27.6. The van der Waals surface area contributed by atoms with Crippen LogP contribution in [0.5, 0.6) is 0 Å². The normalized spacial score (nSPS) is 14.5. The molecule has 8 aromatic carbocycles. The van der Waals surface area contributed by atoms with Crippen LogP contribution in [0.1, 0.15) is 22.9 Å². The Hall–Kier alpha value is -6.78. The maximum absolute atomic E-state index is 6.40. The molecule has 0 saturated heterocycles. The standard InChI is InChI=1S/C47H31N3O/c1-3-12-31(13-4-1)39-25-26-42-43(40-17-9-10-18-41(40)51-42)44(39)47-49-45(32-14-5-2-6-15-32)48-46(50-47)38-24-23-36-28-35(21-22-37(36)29-38)34-20-19-30-11-7-8-16-33(30)27-34/h1-29,46H,(H,48,49,50). The van der Waals surface area contributed by atoms with Crippen LogP contribution < -0.4 is 5.32 Å². The summed E-state index contributed by atoms with van der Waals surface area (Å²) in [6.07, 6.45) is -0.460. The molecule has 0 radical (unpaired) electrons. The van der Waals surface area contributed by atoms with Crippen molar-refractivity contribution < 1.29 is 4.42 Å². The van der Waals surface area contributed by atoms with Gasteiger partial charge in [0.25, 0.3) is 0 Å². The van der Waals surface area contributed by atoms with Crippen LogP contribution in [0, 0.1) is 0 Å².